The van der Waals surface area contributed by atoms with Gasteiger partial charge in [0.1, 0.15) is 23.7 Å². The van der Waals surface area contributed by atoms with Gasteiger partial charge in [0.05, 0.1) is 43.0 Å². The number of carbonyl (C=O) groups excluding carboxylic acids is 3. The van der Waals surface area contributed by atoms with Crippen molar-refractivity contribution in [3.8, 4) is 33.6 Å². The normalized spacial score (nSPS) is 15.6. The van der Waals surface area contributed by atoms with Crippen molar-refractivity contribution < 1.29 is 19.1 Å². The first-order chi connectivity index (χ1) is 30.0. The number of imidazole rings is 2. The smallest absolute Gasteiger partial charge is 0.407 e. The summed E-state index contributed by atoms with van der Waals surface area (Å²) in [5.41, 5.74) is 7.01. The average Bonchev–Trinajstić information content (AvgIpc) is 4.09. The summed E-state index contributed by atoms with van der Waals surface area (Å²) in [7, 11) is 0.511. The van der Waals surface area contributed by atoms with Gasteiger partial charge in [-0.15, -0.1) is 0 Å². The summed E-state index contributed by atoms with van der Waals surface area (Å²) in [5, 5.41) is 8.02. The van der Waals surface area contributed by atoms with Gasteiger partial charge in [-0.05, 0) is 70.9 Å². The number of methoxy groups -OCH3 is 1. The molecule has 0 aliphatic carbocycles. The molecule has 1 unspecified atom stereocenters. The Hall–Kier alpha value is -6.05. The largest absolute Gasteiger partial charge is 0.453 e. The standard InChI is InChI=1S/C49H59N8O4Si/c1-8-56(9-2)44(34-16-11-10-12-17-34)48(59)57-27-15-20-42(57)46-51-28-39(52-46)33-23-21-32(22-24-33)35-25-26-38(37-19-14-13-18-36(35)37)40-29-50-45(53-40)41(30-62(6)7)54-47(58)43(31(3)4)55-49(60)61-5/h10-14,16-19,21-26,28-29,31,41-44H,8-9,15,20,27,30H2,1-7H3,(H,50,53)(H,51,52)(H,54,58)(H,55,60)/t41?,42-,43-,44+/m0/s1. The Labute approximate surface area is 366 Å². The van der Waals surface area contributed by atoms with E-state index in [1.54, 1.807) is 0 Å². The number of H-pyrrole nitrogens is 2. The number of hydrogen-bond acceptors (Lipinski definition) is 7. The third kappa shape index (κ3) is 9.53. The van der Waals surface area contributed by atoms with Crippen LogP contribution in [0, 0.1) is 5.92 Å². The first-order valence-electron chi connectivity index (χ1n) is 21.8. The fourth-order valence-electron chi connectivity index (χ4n) is 8.73. The van der Waals surface area contributed by atoms with Crippen LogP contribution < -0.4 is 10.6 Å². The number of benzene rings is 4. The molecule has 7 rings (SSSR count). The van der Waals surface area contributed by atoms with Crippen LogP contribution in [0.5, 0.6) is 0 Å². The number of fused-ring (bicyclic) bond motifs is 1. The van der Waals surface area contributed by atoms with Crippen LogP contribution in [0.1, 0.15) is 75.9 Å². The molecule has 62 heavy (non-hydrogen) atoms. The van der Waals surface area contributed by atoms with Crippen molar-refractivity contribution >= 4 is 37.5 Å². The molecular formula is C49H59N8O4Si. The summed E-state index contributed by atoms with van der Waals surface area (Å²) in [5.74, 6) is 1.20. The van der Waals surface area contributed by atoms with Gasteiger partial charge in [0, 0.05) is 20.9 Å². The zero-order valence-corrected chi connectivity index (χ0v) is 37.9. The van der Waals surface area contributed by atoms with Crippen LogP contribution in [0.4, 0.5) is 4.79 Å². The van der Waals surface area contributed by atoms with Gasteiger partial charge in [-0.1, -0.05) is 132 Å². The van der Waals surface area contributed by atoms with Crippen molar-refractivity contribution in [2.45, 2.75) is 83.8 Å². The maximum atomic E-state index is 14.3. The van der Waals surface area contributed by atoms with Crippen LogP contribution in [-0.4, -0.2) is 89.2 Å². The number of hydrogen-bond donors (Lipinski definition) is 4. The molecule has 4 aromatic carbocycles. The van der Waals surface area contributed by atoms with Crippen molar-refractivity contribution in [3.63, 3.8) is 0 Å². The average molecular weight is 852 g/mol. The highest BCUT2D eigenvalue weighted by atomic mass is 28.3. The third-order valence-corrected chi connectivity index (χ3v) is 13.2. The van der Waals surface area contributed by atoms with Crippen LogP contribution in [-0.2, 0) is 14.3 Å². The number of aromatic nitrogens is 4. The van der Waals surface area contributed by atoms with Crippen LogP contribution in [0.25, 0.3) is 44.4 Å². The van der Waals surface area contributed by atoms with Gasteiger partial charge in [0.2, 0.25) is 11.8 Å². The molecule has 3 heterocycles. The Bertz CT molecular complexity index is 2460. The molecule has 1 radical (unpaired) electrons. The Balaban J connectivity index is 1.10. The highest BCUT2D eigenvalue weighted by molar-refractivity contribution is 6.55. The molecule has 4 atom stereocenters. The van der Waals surface area contributed by atoms with Crippen molar-refractivity contribution in [2.75, 3.05) is 26.7 Å². The zero-order valence-electron chi connectivity index (χ0n) is 36.9. The number of rotatable bonds is 16. The lowest BCUT2D eigenvalue weighted by atomic mass is 9.93. The second-order valence-electron chi connectivity index (χ2n) is 16.7. The van der Waals surface area contributed by atoms with E-state index in [1.165, 1.54) is 7.11 Å². The maximum absolute atomic E-state index is 14.3. The van der Waals surface area contributed by atoms with Gasteiger partial charge in [0.15, 0.2) is 0 Å². The van der Waals surface area contributed by atoms with E-state index in [0.717, 1.165) is 87.8 Å². The summed E-state index contributed by atoms with van der Waals surface area (Å²) in [6, 6.07) is 30.5. The molecule has 4 N–H and O–H groups in total. The number of ether oxygens (including phenoxy) is 1. The monoisotopic (exact) mass is 851 g/mol. The molecule has 1 saturated heterocycles. The topological polar surface area (TPSA) is 148 Å². The lowest BCUT2D eigenvalue weighted by Crippen LogP contribution is -2.50. The molecule has 0 bridgehead atoms. The summed E-state index contributed by atoms with van der Waals surface area (Å²) in [4.78, 5) is 60.8. The van der Waals surface area contributed by atoms with Crippen LogP contribution >= 0.6 is 0 Å². The van der Waals surface area contributed by atoms with E-state index in [4.69, 9.17) is 14.7 Å². The van der Waals surface area contributed by atoms with E-state index in [1.807, 2.05) is 55.4 Å². The molecule has 0 spiro atoms. The van der Waals surface area contributed by atoms with Gasteiger partial charge < -0.3 is 30.2 Å². The molecule has 12 nitrogen and oxygen atoms in total. The van der Waals surface area contributed by atoms with E-state index < -0.39 is 20.9 Å². The first-order valence-corrected chi connectivity index (χ1v) is 24.5. The van der Waals surface area contributed by atoms with E-state index in [0.29, 0.717) is 12.4 Å². The third-order valence-electron chi connectivity index (χ3n) is 12.0. The van der Waals surface area contributed by atoms with E-state index in [9.17, 15) is 14.4 Å². The van der Waals surface area contributed by atoms with Crippen molar-refractivity contribution in [1.82, 2.24) is 40.4 Å². The molecule has 6 aromatic rings. The van der Waals surface area contributed by atoms with Gasteiger partial charge >= 0.3 is 6.09 Å². The summed E-state index contributed by atoms with van der Waals surface area (Å²) < 4.78 is 4.78. The Morgan fingerprint density at radius 1 is 0.823 bits per heavy atom. The molecule has 13 heteroatoms. The van der Waals surface area contributed by atoms with E-state index >= 15 is 0 Å². The number of alkyl carbamates (subject to hydrolysis) is 1. The second-order valence-corrected chi connectivity index (χ2v) is 19.5. The Morgan fingerprint density at radius 2 is 1.47 bits per heavy atom. The fraction of sp³-hybridized carbons (Fsp3) is 0.367. The van der Waals surface area contributed by atoms with Gasteiger partial charge in [-0.2, -0.15) is 0 Å². The number of likely N-dealkylation sites (N-methyl/N-ethyl adjacent to an activating group) is 1. The molecule has 1 fully saturated rings. The highest BCUT2D eigenvalue weighted by Gasteiger charge is 2.38. The van der Waals surface area contributed by atoms with Crippen molar-refractivity contribution in [3.05, 3.63) is 121 Å². The van der Waals surface area contributed by atoms with E-state index in [-0.39, 0.29) is 35.9 Å². The fourth-order valence-corrected chi connectivity index (χ4v) is 9.84. The minimum absolute atomic E-state index is 0.109. The van der Waals surface area contributed by atoms with E-state index in [2.05, 4.69) is 119 Å². The molecular weight excluding hydrogens is 793 g/mol. The SMILES string of the molecule is CCN(CC)[C@@H](C(=O)N1CCC[C@H]1c1ncc(-c2ccc(-c3ccc(-c4cnc(C(C[Si](C)C)NC(=O)[C@@H](NC(=O)OC)C(C)C)[nH]4)c4ccccc34)cc2)[nH]1)c1ccccc1. The van der Waals surface area contributed by atoms with Crippen molar-refractivity contribution in [1.29, 1.82) is 0 Å². The quantitative estimate of drug-likeness (QED) is 0.0710. The molecule has 0 saturated carbocycles. The molecule has 323 valence electrons. The predicted octanol–water partition coefficient (Wildman–Crippen LogP) is 9.33. The lowest BCUT2D eigenvalue weighted by Gasteiger charge is -2.34. The summed E-state index contributed by atoms with van der Waals surface area (Å²) >= 11 is 0. The highest BCUT2D eigenvalue weighted by Crippen LogP contribution is 2.38. The van der Waals surface area contributed by atoms with Gasteiger partial charge in [-0.25, -0.2) is 14.8 Å². The summed E-state index contributed by atoms with van der Waals surface area (Å²) in [6.45, 7) is 14.7. The summed E-state index contributed by atoms with van der Waals surface area (Å²) in [6.07, 6.45) is 4.87. The number of amides is 3. The number of carbonyl (C=O) groups is 3. The Kier molecular flexibility index (Phi) is 14.0. The van der Waals surface area contributed by atoms with Crippen molar-refractivity contribution in [2.24, 2.45) is 5.92 Å². The number of nitrogens with one attached hydrogen (secondary N) is 4. The van der Waals surface area contributed by atoms with Crippen LogP contribution in [0.2, 0.25) is 19.1 Å². The first kappa shape index (κ1) is 44.0. The molecule has 3 amide bonds. The number of likely N-dealkylation sites (tertiary alicyclic amines) is 1. The zero-order chi connectivity index (χ0) is 43.9. The predicted molar refractivity (Wildman–Crippen MR) is 248 cm³/mol. The van der Waals surface area contributed by atoms with Crippen LogP contribution in [0.15, 0.2) is 103 Å². The Morgan fingerprint density at radius 3 is 2.13 bits per heavy atom. The number of aromatic amines is 2. The molecule has 1 aliphatic heterocycles. The minimum atomic E-state index is -0.776. The van der Waals surface area contributed by atoms with Gasteiger partial charge in [0.25, 0.3) is 0 Å². The number of nitrogens with zero attached hydrogens (tertiary/aromatic N) is 4. The minimum Gasteiger partial charge on any atom is -0.453 e. The van der Waals surface area contributed by atoms with Crippen LogP contribution in [0.3, 0.4) is 0 Å². The van der Waals surface area contributed by atoms with Gasteiger partial charge in [-0.3, -0.25) is 14.5 Å². The second kappa shape index (κ2) is 19.8. The maximum Gasteiger partial charge on any atom is 0.407 e. The molecule has 1 aliphatic rings. The molecule has 2 aromatic heterocycles. The lowest BCUT2D eigenvalue weighted by molar-refractivity contribution is -0.138.